The lowest BCUT2D eigenvalue weighted by atomic mass is 9.89. The van der Waals surface area contributed by atoms with Gasteiger partial charge in [-0.25, -0.2) is 0 Å². The first-order valence-electron chi connectivity index (χ1n) is 15.2. The Kier molecular flexibility index (Phi) is 14.8. The Balaban J connectivity index is 1.68. The first-order chi connectivity index (χ1) is 19.0. The van der Waals surface area contributed by atoms with E-state index in [2.05, 4.69) is 44.2 Å². The highest BCUT2D eigenvalue weighted by Gasteiger charge is 2.42. The van der Waals surface area contributed by atoms with E-state index in [0.717, 1.165) is 83.8 Å². The van der Waals surface area contributed by atoms with Gasteiger partial charge in [0, 0.05) is 32.0 Å². The van der Waals surface area contributed by atoms with Crippen LogP contribution >= 0.6 is 0 Å². The summed E-state index contributed by atoms with van der Waals surface area (Å²) in [5.41, 5.74) is 1.31. The highest BCUT2D eigenvalue weighted by molar-refractivity contribution is 5.69. The van der Waals surface area contributed by atoms with Crippen LogP contribution in [0, 0.1) is 11.8 Å². The van der Waals surface area contributed by atoms with Crippen molar-refractivity contribution in [2.75, 3.05) is 20.3 Å². The van der Waals surface area contributed by atoms with Crippen molar-refractivity contribution in [1.82, 2.24) is 0 Å². The second-order valence-corrected chi connectivity index (χ2v) is 11.4. The zero-order valence-corrected chi connectivity index (χ0v) is 24.4. The molecular formula is C32H52O7. The van der Waals surface area contributed by atoms with Crippen LogP contribution in [0.2, 0.25) is 0 Å². The average molecular weight is 549 g/mol. The molecule has 1 aliphatic carbocycles. The summed E-state index contributed by atoms with van der Waals surface area (Å²) in [7, 11) is 1.42. The number of carbonyl (C=O) groups excluding carboxylic acids is 1. The molecule has 2 unspecified atom stereocenters. The van der Waals surface area contributed by atoms with E-state index in [9.17, 15) is 9.90 Å². The van der Waals surface area contributed by atoms with Gasteiger partial charge in [-0.2, -0.15) is 0 Å². The number of ether oxygens (including phenoxy) is 5. The summed E-state index contributed by atoms with van der Waals surface area (Å²) in [6, 6.07) is 0. The third-order valence-corrected chi connectivity index (χ3v) is 7.93. The molecule has 7 heteroatoms. The van der Waals surface area contributed by atoms with Crippen LogP contribution in [0.4, 0.5) is 0 Å². The molecule has 3 rings (SSSR count). The van der Waals surface area contributed by atoms with Gasteiger partial charge < -0.3 is 28.8 Å². The monoisotopic (exact) mass is 548 g/mol. The molecule has 0 spiro atoms. The molecule has 2 saturated heterocycles. The summed E-state index contributed by atoms with van der Waals surface area (Å²) < 4.78 is 29.4. The number of rotatable bonds is 15. The molecule has 7 atom stereocenters. The van der Waals surface area contributed by atoms with Gasteiger partial charge in [0.25, 0.3) is 0 Å². The Morgan fingerprint density at radius 3 is 2.44 bits per heavy atom. The van der Waals surface area contributed by atoms with E-state index in [-0.39, 0.29) is 42.6 Å². The molecule has 2 heterocycles. The Bertz CT molecular complexity index is 775. The molecule has 3 fully saturated rings. The summed E-state index contributed by atoms with van der Waals surface area (Å²) >= 11 is 0. The van der Waals surface area contributed by atoms with Crippen LogP contribution in [0.1, 0.15) is 97.3 Å². The van der Waals surface area contributed by atoms with Crippen molar-refractivity contribution >= 4 is 5.97 Å². The van der Waals surface area contributed by atoms with Gasteiger partial charge in [-0.3, -0.25) is 4.79 Å². The van der Waals surface area contributed by atoms with E-state index in [1.54, 1.807) is 0 Å². The van der Waals surface area contributed by atoms with E-state index < -0.39 is 6.10 Å². The lowest BCUT2D eigenvalue weighted by molar-refractivity contribution is -0.193. The summed E-state index contributed by atoms with van der Waals surface area (Å²) in [5.74, 6) is -0.0622. The smallest absolute Gasteiger partial charge is 0.305 e. The molecule has 0 aromatic rings. The number of aliphatic hydroxyl groups is 1. The van der Waals surface area contributed by atoms with Crippen LogP contribution in [0.5, 0.6) is 0 Å². The molecule has 1 N–H and O–H groups in total. The third kappa shape index (κ3) is 11.9. The van der Waals surface area contributed by atoms with Crippen molar-refractivity contribution in [3.8, 4) is 0 Å². The zero-order chi connectivity index (χ0) is 27.9. The molecular weight excluding hydrogens is 496 g/mol. The summed E-state index contributed by atoms with van der Waals surface area (Å²) in [6.45, 7) is 5.74. The van der Waals surface area contributed by atoms with Gasteiger partial charge in [-0.05, 0) is 90.4 Å². The number of aliphatic hydroxyl groups excluding tert-OH is 1. The standard InChI is InChI=1S/C32H52O7/c1-24(2)13-12-14-25(38-31-17-8-10-21-36-31)19-20-27-26(15-6-4-5-7-16-30(34)35-3)28(33)23-29(27)39-32-18-9-11-22-37-32/h4,6,13,19-20,25-29,31-33H,5,7-12,14-18,21-23H2,1-3H3/b6-4-,20-19+/t25-,26+,27+,28-,29+,31?,32?/m0/s1. The number of methoxy groups -OCH3 is 1. The van der Waals surface area contributed by atoms with Crippen molar-refractivity contribution in [1.29, 1.82) is 0 Å². The van der Waals surface area contributed by atoms with Crippen LogP contribution in [-0.4, -0.2) is 62.3 Å². The van der Waals surface area contributed by atoms with Gasteiger partial charge in [0.15, 0.2) is 12.6 Å². The minimum Gasteiger partial charge on any atom is -0.469 e. The number of unbranched alkanes of at least 4 members (excludes halogenated alkanes) is 1. The average Bonchev–Trinajstić information content (AvgIpc) is 3.23. The fourth-order valence-electron chi connectivity index (χ4n) is 5.69. The van der Waals surface area contributed by atoms with Crippen molar-refractivity contribution < 1.29 is 33.6 Å². The fourth-order valence-corrected chi connectivity index (χ4v) is 5.69. The zero-order valence-electron chi connectivity index (χ0n) is 24.4. The molecule has 7 nitrogen and oxygen atoms in total. The lowest BCUT2D eigenvalue weighted by Crippen LogP contribution is -2.31. The van der Waals surface area contributed by atoms with Crippen molar-refractivity contribution in [2.45, 2.75) is 128 Å². The summed E-state index contributed by atoms with van der Waals surface area (Å²) in [4.78, 5) is 11.4. The van der Waals surface area contributed by atoms with Crippen molar-refractivity contribution in [3.63, 3.8) is 0 Å². The molecule has 2 aliphatic heterocycles. The van der Waals surface area contributed by atoms with Crippen molar-refractivity contribution in [3.05, 3.63) is 36.0 Å². The lowest BCUT2D eigenvalue weighted by Gasteiger charge is -2.30. The second-order valence-electron chi connectivity index (χ2n) is 11.4. The van der Waals surface area contributed by atoms with Crippen molar-refractivity contribution in [2.24, 2.45) is 11.8 Å². The predicted molar refractivity (Wildman–Crippen MR) is 152 cm³/mol. The molecule has 1 saturated carbocycles. The second kappa shape index (κ2) is 18.0. The maximum Gasteiger partial charge on any atom is 0.305 e. The number of hydrogen-bond acceptors (Lipinski definition) is 7. The maximum absolute atomic E-state index is 11.4. The molecule has 222 valence electrons. The molecule has 0 aromatic heterocycles. The number of hydrogen-bond donors (Lipinski definition) is 1. The normalized spacial score (nSPS) is 30.6. The van der Waals surface area contributed by atoms with Gasteiger partial charge in [-0.15, -0.1) is 0 Å². The number of carbonyl (C=O) groups is 1. The first-order valence-corrected chi connectivity index (χ1v) is 15.2. The fraction of sp³-hybridized carbons (Fsp3) is 0.781. The topological polar surface area (TPSA) is 83.5 Å². The van der Waals surface area contributed by atoms with E-state index in [1.807, 2.05) is 0 Å². The molecule has 0 aromatic carbocycles. The minimum atomic E-state index is -0.445. The Morgan fingerprint density at radius 2 is 1.77 bits per heavy atom. The molecule has 0 radical (unpaired) electrons. The number of esters is 1. The summed E-state index contributed by atoms with van der Waals surface area (Å²) in [6.07, 6.45) is 21.4. The van der Waals surface area contributed by atoms with E-state index in [1.165, 1.54) is 12.7 Å². The van der Waals surface area contributed by atoms with Gasteiger partial charge in [0.05, 0.1) is 25.4 Å². The van der Waals surface area contributed by atoms with Crippen LogP contribution in [-0.2, 0) is 28.5 Å². The third-order valence-electron chi connectivity index (χ3n) is 7.93. The molecule has 0 bridgehead atoms. The van der Waals surface area contributed by atoms with E-state index in [0.29, 0.717) is 12.8 Å². The quantitative estimate of drug-likeness (QED) is 0.144. The van der Waals surface area contributed by atoms with Crippen LogP contribution in [0.15, 0.2) is 36.0 Å². The first kappa shape index (κ1) is 32.0. The van der Waals surface area contributed by atoms with Gasteiger partial charge >= 0.3 is 5.97 Å². The summed E-state index contributed by atoms with van der Waals surface area (Å²) in [5, 5.41) is 11.1. The predicted octanol–water partition coefficient (Wildman–Crippen LogP) is 6.40. The van der Waals surface area contributed by atoms with E-state index in [4.69, 9.17) is 23.7 Å². The Labute approximate surface area is 235 Å². The minimum absolute atomic E-state index is 0.0519. The maximum atomic E-state index is 11.4. The van der Waals surface area contributed by atoms with Crippen LogP contribution in [0.3, 0.4) is 0 Å². The van der Waals surface area contributed by atoms with Gasteiger partial charge in [0.1, 0.15) is 0 Å². The largest absolute Gasteiger partial charge is 0.469 e. The van der Waals surface area contributed by atoms with Crippen LogP contribution in [0.25, 0.3) is 0 Å². The highest BCUT2D eigenvalue weighted by atomic mass is 16.7. The van der Waals surface area contributed by atoms with Gasteiger partial charge in [-0.1, -0.05) is 36.0 Å². The van der Waals surface area contributed by atoms with Crippen LogP contribution < -0.4 is 0 Å². The molecule has 3 aliphatic rings. The Hall–Kier alpha value is -1.51. The SMILES string of the molecule is COC(=O)CCC/C=C\C[C@@H]1[C@@H](/C=C/[C@H](CCC=C(C)C)OC2CCCCO2)[C@H](OC2CCCCO2)C[C@@H]1O. The Morgan fingerprint density at radius 1 is 1.03 bits per heavy atom. The molecule has 39 heavy (non-hydrogen) atoms. The van der Waals surface area contributed by atoms with E-state index >= 15 is 0 Å². The van der Waals surface area contributed by atoms with Gasteiger partial charge in [0.2, 0.25) is 0 Å². The number of allylic oxidation sites excluding steroid dienone is 4. The molecule has 0 amide bonds. The highest BCUT2D eigenvalue weighted by Crippen LogP contribution is 2.39.